The molecule has 1 aromatic carbocycles. The van der Waals surface area contributed by atoms with Crippen molar-refractivity contribution in [1.82, 2.24) is 5.32 Å². The Balaban J connectivity index is 2.60. The van der Waals surface area contributed by atoms with Crippen molar-refractivity contribution in [2.45, 2.75) is 46.1 Å². The van der Waals surface area contributed by atoms with Crippen molar-refractivity contribution in [3.63, 3.8) is 0 Å². The van der Waals surface area contributed by atoms with Gasteiger partial charge in [-0.15, -0.1) is 0 Å². The molecule has 0 radical (unpaired) electrons. The van der Waals surface area contributed by atoms with Crippen molar-refractivity contribution in [3.05, 3.63) is 29.8 Å². The van der Waals surface area contributed by atoms with Crippen molar-refractivity contribution in [2.24, 2.45) is 5.92 Å². The second-order valence-corrected chi connectivity index (χ2v) is 6.37. The number of rotatable bonds is 7. The van der Waals surface area contributed by atoms with E-state index in [1.54, 1.807) is 31.2 Å². The Kier molecular flexibility index (Phi) is 6.56. The van der Waals surface area contributed by atoms with E-state index in [2.05, 4.69) is 24.5 Å². The van der Waals surface area contributed by atoms with E-state index in [1.807, 2.05) is 0 Å². The third-order valence-corrected chi connectivity index (χ3v) is 3.34. The lowest BCUT2D eigenvalue weighted by Gasteiger charge is -2.24. The predicted octanol–water partition coefficient (Wildman–Crippen LogP) is 2.56. The van der Waals surface area contributed by atoms with Crippen molar-refractivity contribution < 1.29 is 14.7 Å². The summed E-state index contributed by atoms with van der Waals surface area (Å²) in [4.78, 5) is 23.2. The van der Waals surface area contributed by atoms with Crippen LogP contribution in [-0.2, 0) is 4.79 Å². The molecule has 1 atom stereocenters. The van der Waals surface area contributed by atoms with Crippen LogP contribution in [0.1, 0.15) is 50.9 Å². The third kappa shape index (κ3) is 6.72. The number of hydrogen-bond donors (Lipinski definition) is 3. The molecule has 1 unspecified atom stereocenters. The lowest BCUT2D eigenvalue weighted by atomic mass is 9.95. The van der Waals surface area contributed by atoms with Gasteiger partial charge in [-0.3, -0.25) is 9.59 Å². The molecule has 1 aromatic rings. The molecule has 122 valence electrons. The Morgan fingerprint density at radius 2 is 2.00 bits per heavy atom. The first-order chi connectivity index (χ1) is 10.2. The van der Waals surface area contributed by atoms with Gasteiger partial charge in [0, 0.05) is 24.7 Å². The molecule has 3 N–H and O–H groups in total. The van der Waals surface area contributed by atoms with Gasteiger partial charge < -0.3 is 15.7 Å². The van der Waals surface area contributed by atoms with Crippen LogP contribution in [-0.4, -0.2) is 29.1 Å². The summed E-state index contributed by atoms with van der Waals surface area (Å²) < 4.78 is 0. The molecule has 1 rings (SSSR count). The van der Waals surface area contributed by atoms with Crippen LogP contribution in [0.4, 0.5) is 5.69 Å². The summed E-state index contributed by atoms with van der Waals surface area (Å²) in [5.41, 5.74) is 0.104. The first kappa shape index (κ1) is 18.2. The van der Waals surface area contributed by atoms with Crippen LogP contribution < -0.4 is 10.6 Å². The van der Waals surface area contributed by atoms with Gasteiger partial charge in [0.25, 0.3) is 5.91 Å². The molecule has 0 saturated heterocycles. The summed E-state index contributed by atoms with van der Waals surface area (Å²) >= 11 is 0. The molecule has 2 amide bonds. The van der Waals surface area contributed by atoms with E-state index in [-0.39, 0.29) is 18.4 Å². The molecule has 5 nitrogen and oxygen atoms in total. The van der Waals surface area contributed by atoms with Crippen LogP contribution in [0.25, 0.3) is 0 Å². The molecule has 0 aliphatic rings. The summed E-state index contributed by atoms with van der Waals surface area (Å²) in [6, 6.07) is 6.71. The van der Waals surface area contributed by atoms with Crippen LogP contribution in [0, 0.1) is 5.92 Å². The van der Waals surface area contributed by atoms with Gasteiger partial charge >= 0.3 is 0 Å². The molecule has 0 bridgehead atoms. The van der Waals surface area contributed by atoms with Crippen molar-refractivity contribution in [3.8, 4) is 0 Å². The van der Waals surface area contributed by atoms with E-state index in [1.165, 1.54) is 6.92 Å². The zero-order chi connectivity index (χ0) is 16.8. The summed E-state index contributed by atoms with van der Waals surface area (Å²) in [7, 11) is 0. The van der Waals surface area contributed by atoms with Gasteiger partial charge in [-0.2, -0.15) is 0 Å². The topological polar surface area (TPSA) is 78.4 Å². The standard InChI is InChI=1S/C17H26N2O3/c1-12(2)8-9-17(4,22)11-18-16(21)14-6-5-7-15(10-14)19-13(3)20/h5-7,10,12,22H,8-9,11H2,1-4H3,(H,18,21)(H,19,20). The second kappa shape index (κ2) is 7.94. The highest BCUT2D eigenvalue weighted by atomic mass is 16.3. The maximum Gasteiger partial charge on any atom is 0.251 e. The fourth-order valence-corrected chi connectivity index (χ4v) is 2.00. The first-order valence-electron chi connectivity index (χ1n) is 7.58. The van der Waals surface area contributed by atoms with Crippen molar-refractivity contribution in [1.29, 1.82) is 0 Å². The Morgan fingerprint density at radius 3 is 2.59 bits per heavy atom. The molecule has 0 saturated carbocycles. The monoisotopic (exact) mass is 306 g/mol. The SMILES string of the molecule is CC(=O)Nc1cccc(C(=O)NCC(C)(O)CCC(C)C)c1. The summed E-state index contributed by atoms with van der Waals surface area (Å²) in [5.74, 6) is 0.0581. The molecule has 0 aliphatic heterocycles. The van der Waals surface area contributed by atoms with E-state index in [0.717, 1.165) is 6.42 Å². The van der Waals surface area contributed by atoms with Gasteiger partial charge in [0.05, 0.1) is 5.60 Å². The number of nitrogens with one attached hydrogen (secondary N) is 2. The summed E-state index contributed by atoms with van der Waals surface area (Å²) in [6.45, 7) is 7.54. The lowest BCUT2D eigenvalue weighted by Crippen LogP contribution is -2.40. The minimum atomic E-state index is -0.921. The Bertz CT molecular complexity index is 524. The van der Waals surface area contributed by atoms with E-state index < -0.39 is 5.60 Å². The fourth-order valence-electron chi connectivity index (χ4n) is 2.00. The molecule has 0 aromatic heterocycles. The van der Waals surface area contributed by atoms with Gasteiger partial charge in [-0.25, -0.2) is 0 Å². The minimum absolute atomic E-state index is 0.186. The van der Waals surface area contributed by atoms with Crippen LogP contribution in [0.2, 0.25) is 0 Å². The van der Waals surface area contributed by atoms with Crippen LogP contribution in [0.3, 0.4) is 0 Å². The average Bonchev–Trinajstić information content (AvgIpc) is 2.42. The van der Waals surface area contributed by atoms with Crippen LogP contribution >= 0.6 is 0 Å². The smallest absolute Gasteiger partial charge is 0.251 e. The van der Waals surface area contributed by atoms with E-state index in [0.29, 0.717) is 23.6 Å². The molecule has 22 heavy (non-hydrogen) atoms. The third-order valence-electron chi connectivity index (χ3n) is 3.34. The summed E-state index contributed by atoms with van der Waals surface area (Å²) in [6.07, 6.45) is 1.54. The number of hydrogen-bond acceptors (Lipinski definition) is 3. The first-order valence-corrected chi connectivity index (χ1v) is 7.58. The largest absolute Gasteiger partial charge is 0.388 e. The van der Waals surface area contributed by atoms with E-state index in [4.69, 9.17) is 0 Å². The number of anilines is 1. The highest BCUT2D eigenvalue weighted by Gasteiger charge is 2.21. The van der Waals surface area contributed by atoms with Gasteiger partial charge in [0.2, 0.25) is 5.91 Å². The van der Waals surface area contributed by atoms with E-state index in [9.17, 15) is 14.7 Å². The predicted molar refractivity (Wildman–Crippen MR) is 87.8 cm³/mol. The minimum Gasteiger partial charge on any atom is -0.388 e. The molecular weight excluding hydrogens is 280 g/mol. The lowest BCUT2D eigenvalue weighted by molar-refractivity contribution is -0.114. The van der Waals surface area contributed by atoms with E-state index >= 15 is 0 Å². The van der Waals surface area contributed by atoms with Gasteiger partial charge in [0.1, 0.15) is 0 Å². The number of amides is 2. The fraction of sp³-hybridized carbons (Fsp3) is 0.529. The molecule has 0 heterocycles. The number of benzene rings is 1. The number of aliphatic hydroxyl groups is 1. The normalized spacial score (nSPS) is 13.5. The van der Waals surface area contributed by atoms with Crippen molar-refractivity contribution >= 4 is 17.5 Å². The molecule has 5 heteroatoms. The van der Waals surface area contributed by atoms with Crippen LogP contribution in [0.15, 0.2) is 24.3 Å². The second-order valence-electron chi connectivity index (χ2n) is 6.37. The highest BCUT2D eigenvalue weighted by molar-refractivity contribution is 5.96. The Hall–Kier alpha value is -1.88. The van der Waals surface area contributed by atoms with Gasteiger partial charge in [0.15, 0.2) is 0 Å². The van der Waals surface area contributed by atoms with Gasteiger partial charge in [-0.1, -0.05) is 19.9 Å². The van der Waals surface area contributed by atoms with Gasteiger partial charge in [-0.05, 0) is 43.9 Å². The highest BCUT2D eigenvalue weighted by Crippen LogP contribution is 2.16. The summed E-state index contributed by atoms with van der Waals surface area (Å²) in [5, 5.41) is 15.6. The molecule has 0 aliphatic carbocycles. The number of carbonyl (C=O) groups excluding carboxylic acids is 2. The van der Waals surface area contributed by atoms with Crippen molar-refractivity contribution in [2.75, 3.05) is 11.9 Å². The molecular formula is C17H26N2O3. The quantitative estimate of drug-likeness (QED) is 0.724. The Morgan fingerprint density at radius 1 is 1.32 bits per heavy atom. The maximum absolute atomic E-state index is 12.1. The molecule has 0 fully saturated rings. The van der Waals surface area contributed by atoms with Crippen LogP contribution in [0.5, 0.6) is 0 Å². The number of carbonyl (C=O) groups is 2. The average molecular weight is 306 g/mol. The Labute approximate surface area is 132 Å². The maximum atomic E-state index is 12.1. The zero-order valence-electron chi connectivity index (χ0n) is 13.8. The zero-order valence-corrected chi connectivity index (χ0v) is 13.8. The molecule has 0 spiro atoms.